The second-order valence-corrected chi connectivity index (χ2v) is 6.81. The van der Waals surface area contributed by atoms with Gasteiger partial charge in [-0.1, -0.05) is 11.6 Å². The molecule has 0 aromatic heterocycles. The molecule has 1 aliphatic rings. The molecule has 5 atom stereocenters. The van der Waals surface area contributed by atoms with Crippen LogP contribution >= 0.6 is 11.6 Å². The molecule has 0 aliphatic carbocycles. The molecule has 2 aromatic carbocycles. The summed E-state index contributed by atoms with van der Waals surface area (Å²) in [7, 11) is 1.52. The van der Waals surface area contributed by atoms with E-state index in [9.17, 15) is 20.1 Å². The van der Waals surface area contributed by atoms with E-state index >= 15 is 0 Å². The molecule has 1 aliphatic heterocycles. The summed E-state index contributed by atoms with van der Waals surface area (Å²) in [5.74, 6) is 0.193. The zero-order valence-electron chi connectivity index (χ0n) is 15.5. The largest absolute Gasteiger partial charge is 0.497 e. The lowest BCUT2D eigenvalue weighted by molar-refractivity contribution is -0.276. The highest BCUT2D eigenvalue weighted by Gasteiger charge is 2.48. The van der Waals surface area contributed by atoms with E-state index in [1.807, 2.05) is 0 Å². The zero-order chi connectivity index (χ0) is 21.0. The number of hydrogen-bond acceptors (Lipinski definition) is 8. The van der Waals surface area contributed by atoms with Crippen LogP contribution in [0.15, 0.2) is 48.5 Å². The van der Waals surface area contributed by atoms with Crippen LogP contribution in [0.5, 0.6) is 11.5 Å². The van der Waals surface area contributed by atoms with Crippen LogP contribution in [-0.2, 0) is 9.47 Å². The van der Waals surface area contributed by atoms with Gasteiger partial charge in [0.1, 0.15) is 23.7 Å². The molecule has 3 N–H and O–H groups in total. The summed E-state index contributed by atoms with van der Waals surface area (Å²) in [6.45, 7) is -0.564. The molecule has 8 nitrogen and oxygen atoms in total. The molecule has 9 heteroatoms. The molecule has 0 amide bonds. The van der Waals surface area contributed by atoms with Gasteiger partial charge >= 0.3 is 5.97 Å². The Labute approximate surface area is 172 Å². The Morgan fingerprint density at radius 2 is 1.66 bits per heavy atom. The number of rotatable bonds is 6. The van der Waals surface area contributed by atoms with Crippen LogP contribution in [0.2, 0.25) is 5.02 Å². The number of carbonyl (C=O) groups excluding carboxylic acids is 1. The predicted octanol–water partition coefficient (Wildman–Crippen LogP) is 1.39. The third-order valence-electron chi connectivity index (χ3n) is 4.46. The summed E-state index contributed by atoms with van der Waals surface area (Å²) in [5.41, 5.74) is 0.188. The lowest BCUT2D eigenvalue weighted by atomic mass is 9.99. The first kappa shape index (κ1) is 21.4. The molecular formula is C20H21ClO8. The first-order valence-corrected chi connectivity index (χ1v) is 9.20. The maximum Gasteiger partial charge on any atom is 0.338 e. The van der Waals surface area contributed by atoms with Crippen LogP contribution in [0.1, 0.15) is 10.4 Å². The Kier molecular flexibility index (Phi) is 6.94. The van der Waals surface area contributed by atoms with Crippen molar-refractivity contribution in [3.63, 3.8) is 0 Å². The number of esters is 1. The Morgan fingerprint density at radius 3 is 2.24 bits per heavy atom. The summed E-state index contributed by atoms with van der Waals surface area (Å²) in [5, 5.41) is 30.9. The Hall–Kier alpha value is -2.36. The van der Waals surface area contributed by atoms with Crippen LogP contribution < -0.4 is 9.47 Å². The van der Waals surface area contributed by atoms with Crippen molar-refractivity contribution < 1.29 is 39.1 Å². The van der Waals surface area contributed by atoms with Crippen LogP contribution in [0.25, 0.3) is 0 Å². The number of aliphatic hydroxyl groups excluding tert-OH is 3. The van der Waals surface area contributed by atoms with Crippen molar-refractivity contribution in [2.45, 2.75) is 30.7 Å². The van der Waals surface area contributed by atoms with Crippen molar-refractivity contribution in [3.8, 4) is 11.5 Å². The standard InChI is InChI=1S/C20H21ClO8/c1-26-13-6-8-14(9-7-13)27-20-17(24)18(16(23)15(10-22)28-20)29-19(25)11-2-4-12(21)5-3-11/h2-9,15-18,20,22-24H,10H2,1H3/t15-,16+,17-,18+,20-/m1/s1. The summed E-state index contributed by atoms with van der Waals surface area (Å²) < 4.78 is 21.4. The fourth-order valence-electron chi connectivity index (χ4n) is 2.86. The smallest absolute Gasteiger partial charge is 0.338 e. The molecule has 0 bridgehead atoms. The average Bonchev–Trinajstić information content (AvgIpc) is 2.74. The number of benzene rings is 2. The van der Waals surface area contributed by atoms with Crippen molar-refractivity contribution in [2.75, 3.05) is 13.7 Å². The van der Waals surface area contributed by atoms with Gasteiger partial charge < -0.3 is 34.3 Å². The van der Waals surface area contributed by atoms with Gasteiger partial charge in [0.2, 0.25) is 6.29 Å². The molecule has 29 heavy (non-hydrogen) atoms. The van der Waals surface area contributed by atoms with E-state index in [1.165, 1.54) is 31.4 Å². The molecule has 0 radical (unpaired) electrons. The number of carbonyl (C=O) groups is 1. The highest BCUT2D eigenvalue weighted by Crippen LogP contribution is 2.28. The fraction of sp³-hybridized carbons (Fsp3) is 0.350. The third kappa shape index (κ3) is 4.98. The molecule has 1 fully saturated rings. The lowest BCUT2D eigenvalue weighted by Gasteiger charge is -2.41. The SMILES string of the molecule is COc1ccc(O[C@@H]2O[C@H](CO)[C@H](O)[C@H](OC(=O)c3ccc(Cl)cc3)[C@H]2O)cc1. The number of aliphatic hydroxyl groups is 3. The number of hydrogen-bond donors (Lipinski definition) is 3. The summed E-state index contributed by atoms with van der Waals surface area (Å²) in [6, 6.07) is 12.4. The van der Waals surface area contributed by atoms with Gasteiger partial charge in [-0.25, -0.2) is 4.79 Å². The molecule has 0 spiro atoms. The van der Waals surface area contributed by atoms with Crippen LogP contribution in [0.4, 0.5) is 0 Å². The van der Waals surface area contributed by atoms with Crippen LogP contribution in [-0.4, -0.2) is 65.7 Å². The van der Waals surface area contributed by atoms with Gasteiger partial charge in [-0.05, 0) is 48.5 Å². The van der Waals surface area contributed by atoms with Crippen molar-refractivity contribution >= 4 is 17.6 Å². The van der Waals surface area contributed by atoms with Gasteiger partial charge in [-0.15, -0.1) is 0 Å². The minimum Gasteiger partial charge on any atom is -0.497 e. The normalized spacial score (nSPS) is 26.6. The number of ether oxygens (including phenoxy) is 4. The molecule has 2 aromatic rings. The van der Waals surface area contributed by atoms with Crippen molar-refractivity contribution in [2.24, 2.45) is 0 Å². The van der Waals surface area contributed by atoms with E-state index in [-0.39, 0.29) is 5.56 Å². The van der Waals surface area contributed by atoms with Gasteiger partial charge in [0.15, 0.2) is 12.2 Å². The topological polar surface area (TPSA) is 115 Å². The molecule has 0 saturated carbocycles. The van der Waals surface area contributed by atoms with Gasteiger partial charge in [0.05, 0.1) is 19.3 Å². The van der Waals surface area contributed by atoms with E-state index in [0.717, 1.165) is 0 Å². The Bertz CT molecular complexity index is 810. The van der Waals surface area contributed by atoms with Crippen molar-refractivity contribution in [1.82, 2.24) is 0 Å². The van der Waals surface area contributed by atoms with E-state index < -0.39 is 43.3 Å². The monoisotopic (exact) mass is 424 g/mol. The fourth-order valence-corrected chi connectivity index (χ4v) is 2.98. The maximum atomic E-state index is 12.4. The van der Waals surface area contributed by atoms with Gasteiger partial charge in [-0.3, -0.25) is 0 Å². The molecular weight excluding hydrogens is 404 g/mol. The molecule has 0 unspecified atom stereocenters. The first-order chi connectivity index (χ1) is 13.9. The van der Waals surface area contributed by atoms with E-state index in [4.69, 9.17) is 30.5 Å². The van der Waals surface area contributed by atoms with Gasteiger partial charge in [0.25, 0.3) is 0 Å². The van der Waals surface area contributed by atoms with Gasteiger partial charge in [-0.2, -0.15) is 0 Å². The summed E-state index contributed by atoms with van der Waals surface area (Å²) in [4.78, 5) is 12.4. The highest BCUT2D eigenvalue weighted by atomic mass is 35.5. The van der Waals surface area contributed by atoms with Crippen LogP contribution in [0.3, 0.4) is 0 Å². The number of halogens is 1. The molecule has 3 rings (SSSR count). The Morgan fingerprint density at radius 1 is 1.03 bits per heavy atom. The third-order valence-corrected chi connectivity index (χ3v) is 4.71. The van der Waals surface area contributed by atoms with Crippen molar-refractivity contribution in [3.05, 3.63) is 59.1 Å². The first-order valence-electron chi connectivity index (χ1n) is 8.82. The van der Waals surface area contributed by atoms with E-state index in [1.54, 1.807) is 24.3 Å². The second kappa shape index (κ2) is 9.43. The number of methoxy groups -OCH3 is 1. The van der Waals surface area contributed by atoms with Crippen LogP contribution in [0, 0.1) is 0 Å². The predicted molar refractivity (Wildman–Crippen MR) is 102 cm³/mol. The minimum atomic E-state index is -1.51. The van der Waals surface area contributed by atoms with E-state index in [0.29, 0.717) is 16.5 Å². The maximum absolute atomic E-state index is 12.4. The minimum absolute atomic E-state index is 0.188. The summed E-state index contributed by atoms with van der Waals surface area (Å²) >= 11 is 5.81. The Balaban J connectivity index is 1.75. The quantitative estimate of drug-likeness (QED) is 0.596. The van der Waals surface area contributed by atoms with E-state index in [2.05, 4.69) is 0 Å². The second-order valence-electron chi connectivity index (χ2n) is 6.38. The van der Waals surface area contributed by atoms with Crippen molar-refractivity contribution in [1.29, 1.82) is 0 Å². The molecule has 1 heterocycles. The average molecular weight is 425 g/mol. The zero-order valence-corrected chi connectivity index (χ0v) is 16.2. The lowest BCUT2D eigenvalue weighted by Crippen LogP contribution is -2.61. The summed E-state index contributed by atoms with van der Waals surface area (Å²) in [6.07, 6.45) is -6.75. The molecule has 156 valence electrons. The highest BCUT2D eigenvalue weighted by molar-refractivity contribution is 6.30. The molecule has 1 saturated heterocycles. The van der Waals surface area contributed by atoms with Gasteiger partial charge in [0, 0.05) is 5.02 Å².